The van der Waals surface area contributed by atoms with Gasteiger partial charge in [0.2, 0.25) is 11.7 Å². The molecule has 3 rings (SSSR count). The lowest BCUT2D eigenvalue weighted by atomic mass is 10.1. The van der Waals surface area contributed by atoms with Crippen LogP contribution in [0.3, 0.4) is 0 Å². The second-order valence-corrected chi connectivity index (χ2v) is 5.99. The van der Waals surface area contributed by atoms with E-state index in [-0.39, 0.29) is 28.7 Å². The van der Waals surface area contributed by atoms with Crippen LogP contribution < -0.4 is 5.32 Å². The van der Waals surface area contributed by atoms with Crippen molar-refractivity contribution in [2.45, 2.75) is 6.54 Å². The van der Waals surface area contributed by atoms with E-state index in [1.807, 2.05) is 0 Å². The molecule has 26 heavy (non-hydrogen) atoms. The third-order valence-corrected chi connectivity index (χ3v) is 3.86. The number of rotatable bonds is 5. The lowest BCUT2D eigenvalue weighted by Gasteiger charge is -2.03. The van der Waals surface area contributed by atoms with E-state index in [2.05, 4.69) is 15.5 Å². The monoisotopic (exact) mass is 392 g/mol. The number of carbonyl (C=O) groups excluding carboxylic acids is 1. The topological polar surface area (TPSA) is 111 Å². The van der Waals surface area contributed by atoms with Gasteiger partial charge < -0.3 is 9.84 Å². The Morgan fingerprint density at radius 3 is 2.54 bits per heavy atom. The molecule has 10 heteroatoms. The second kappa shape index (κ2) is 7.51. The van der Waals surface area contributed by atoms with Gasteiger partial charge in [0.05, 0.1) is 11.5 Å². The van der Waals surface area contributed by atoms with E-state index < -0.39 is 10.8 Å². The molecular formula is C16H10Cl2N4O4. The second-order valence-electron chi connectivity index (χ2n) is 5.12. The fourth-order valence-corrected chi connectivity index (χ4v) is 2.43. The van der Waals surface area contributed by atoms with Crippen LogP contribution in [-0.2, 0) is 6.54 Å². The largest absolute Gasteiger partial charge is 0.343 e. The normalized spacial score (nSPS) is 10.5. The van der Waals surface area contributed by atoms with E-state index in [0.717, 1.165) is 6.07 Å². The number of hydrogen-bond donors (Lipinski definition) is 1. The summed E-state index contributed by atoms with van der Waals surface area (Å²) in [6.07, 6.45) is 0. The predicted molar refractivity (Wildman–Crippen MR) is 94.0 cm³/mol. The molecule has 132 valence electrons. The van der Waals surface area contributed by atoms with Gasteiger partial charge in [-0.25, -0.2) is 0 Å². The summed E-state index contributed by atoms with van der Waals surface area (Å²) in [6.45, 7) is -0.0841. The number of benzene rings is 2. The first-order valence-electron chi connectivity index (χ1n) is 7.24. The molecule has 0 radical (unpaired) electrons. The summed E-state index contributed by atoms with van der Waals surface area (Å²) in [5.41, 5.74) is 0.197. The number of nitrogens with one attached hydrogen (secondary N) is 1. The van der Waals surface area contributed by atoms with Gasteiger partial charge in [0, 0.05) is 21.7 Å². The van der Waals surface area contributed by atoms with Gasteiger partial charge in [-0.2, -0.15) is 4.98 Å². The molecule has 0 spiro atoms. The number of nitro benzene ring substituents is 1. The summed E-state index contributed by atoms with van der Waals surface area (Å²) in [7, 11) is 0. The highest BCUT2D eigenvalue weighted by molar-refractivity contribution is 6.31. The molecule has 0 fully saturated rings. The van der Waals surface area contributed by atoms with Crippen molar-refractivity contribution < 1.29 is 14.2 Å². The number of nitro groups is 1. The molecule has 0 aliphatic carbocycles. The molecule has 0 saturated carbocycles. The first-order valence-corrected chi connectivity index (χ1v) is 8.00. The molecule has 0 aliphatic heterocycles. The molecule has 8 nitrogen and oxygen atoms in total. The zero-order chi connectivity index (χ0) is 18.7. The van der Waals surface area contributed by atoms with Gasteiger partial charge in [-0.3, -0.25) is 14.9 Å². The predicted octanol–water partition coefficient (Wildman–Crippen LogP) is 3.88. The minimum Gasteiger partial charge on any atom is -0.343 e. The van der Waals surface area contributed by atoms with Gasteiger partial charge in [0.25, 0.3) is 11.6 Å². The van der Waals surface area contributed by atoms with Crippen LogP contribution in [0, 0.1) is 10.1 Å². The zero-order valence-electron chi connectivity index (χ0n) is 13.0. The number of aromatic nitrogens is 2. The summed E-state index contributed by atoms with van der Waals surface area (Å²) in [6, 6.07) is 10.6. The SMILES string of the molecule is O=C(NCc1nc(-c2ccc(Cl)cc2)no1)c1ccc(Cl)cc1[N+](=O)[O-]. The Hall–Kier alpha value is -2.97. The molecular weight excluding hydrogens is 383 g/mol. The fourth-order valence-electron chi connectivity index (χ4n) is 2.14. The van der Waals surface area contributed by atoms with Gasteiger partial charge in [-0.05, 0) is 36.4 Å². The summed E-state index contributed by atoms with van der Waals surface area (Å²) in [5, 5.41) is 18.1. The molecule has 1 N–H and O–H groups in total. The zero-order valence-corrected chi connectivity index (χ0v) is 14.5. The van der Waals surface area contributed by atoms with Crippen molar-refractivity contribution >= 4 is 34.8 Å². The first-order chi connectivity index (χ1) is 12.4. The molecule has 2 aromatic carbocycles. The van der Waals surface area contributed by atoms with E-state index in [9.17, 15) is 14.9 Å². The van der Waals surface area contributed by atoms with Crippen LogP contribution in [0.1, 0.15) is 16.2 Å². The molecule has 0 unspecified atom stereocenters. The molecule has 1 heterocycles. The highest BCUT2D eigenvalue weighted by atomic mass is 35.5. The van der Waals surface area contributed by atoms with E-state index in [0.29, 0.717) is 16.4 Å². The van der Waals surface area contributed by atoms with Crippen LogP contribution in [0.2, 0.25) is 10.0 Å². The summed E-state index contributed by atoms with van der Waals surface area (Å²) >= 11 is 11.6. The van der Waals surface area contributed by atoms with Crippen molar-refractivity contribution in [2.75, 3.05) is 0 Å². The van der Waals surface area contributed by atoms with E-state index >= 15 is 0 Å². The molecule has 0 aliphatic rings. The van der Waals surface area contributed by atoms with Crippen molar-refractivity contribution in [3.8, 4) is 11.4 Å². The lowest BCUT2D eigenvalue weighted by Crippen LogP contribution is -2.23. The summed E-state index contributed by atoms with van der Waals surface area (Å²) in [4.78, 5) is 26.7. The average Bonchev–Trinajstić information content (AvgIpc) is 3.09. The number of amides is 1. The number of halogens is 2. The van der Waals surface area contributed by atoms with E-state index in [1.54, 1.807) is 24.3 Å². The Morgan fingerprint density at radius 1 is 1.15 bits per heavy atom. The van der Waals surface area contributed by atoms with Gasteiger partial charge in [0.1, 0.15) is 5.56 Å². The van der Waals surface area contributed by atoms with Crippen LogP contribution >= 0.6 is 23.2 Å². The quantitative estimate of drug-likeness (QED) is 0.520. The Labute approximate surface area is 156 Å². The van der Waals surface area contributed by atoms with Crippen molar-refractivity contribution in [3.63, 3.8) is 0 Å². The number of nitrogens with zero attached hydrogens (tertiary/aromatic N) is 3. The lowest BCUT2D eigenvalue weighted by molar-refractivity contribution is -0.385. The van der Waals surface area contributed by atoms with Crippen LogP contribution in [-0.4, -0.2) is 21.0 Å². The fraction of sp³-hybridized carbons (Fsp3) is 0.0625. The molecule has 1 aromatic heterocycles. The molecule has 3 aromatic rings. The maximum atomic E-state index is 12.2. The van der Waals surface area contributed by atoms with E-state index in [4.69, 9.17) is 27.7 Å². The van der Waals surface area contributed by atoms with Gasteiger partial charge in [0.15, 0.2) is 0 Å². The van der Waals surface area contributed by atoms with Gasteiger partial charge in [-0.1, -0.05) is 28.4 Å². The first kappa shape index (κ1) is 17.8. The minimum atomic E-state index is -0.674. The van der Waals surface area contributed by atoms with Crippen molar-refractivity contribution in [1.82, 2.24) is 15.5 Å². The van der Waals surface area contributed by atoms with Crippen LogP contribution in [0.25, 0.3) is 11.4 Å². The van der Waals surface area contributed by atoms with Gasteiger partial charge in [-0.15, -0.1) is 0 Å². The number of hydrogen-bond acceptors (Lipinski definition) is 6. The molecule has 0 bridgehead atoms. The summed E-state index contributed by atoms with van der Waals surface area (Å²) in [5.74, 6) is -0.164. The Morgan fingerprint density at radius 2 is 1.85 bits per heavy atom. The molecule has 0 saturated heterocycles. The van der Waals surface area contributed by atoms with Crippen molar-refractivity contribution in [3.05, 3.63) is 74.1 Å². The highest BCUT2D eigenvalue weighted by Gasteiger charge is 2.21. The van der Waals surface area contributed by atoms with Gasteiger partial charge >= 0.3 is 0 Å². The van der Waals surface area contributed by atoms with E-state index in [1.165, 1.54) is 12.1 Å². The average molecular weight is 393 g/mol. The molecule has 0 atom stereocenters. The third kappa shape index (κ3) is 3.98. The van der Waals surface area contributed by atoms with Crippen LogP contribution in [0.4, 0.5) is 5.69 Å². The van der Waals surface area contributed by atoms with Crippen LogP contribution in [0.15, 0.2) is 47.0 Å². The Balaban J connectivity index is 1.71. The maximum Gasteiger partial charge on any atom is 0.283 e. The standard InChI is InChI=1S/C16H10Cl2N4O4/c17-10-3-1-9(2-4-10)15-20-14(26-21-15)8-19-16(23)12-6-5-11(18)7-13(12)22(24)25/h1-7H,8H2,(H,19,23). The Kier molecular flexibility index (Phi) is 5.15. The third-order valence-electron chi connectivity index (χ3n) is 3.37. The summed E-state index contributed by atoms with van der Waals surface area (Å²) < 4.78 is 5.07. The Bertz CT molecular complexity index is 973. The van der Waals surface area contributed by atoms with Crippen LogP contribution in [0.5, 0.6) is 0 Å². The maximum absolute atomic E-state index is 12.2. The molecule has 1 amide bonds. The highest BCUT2D eigenvalue weighted by Crippen LogP contribution is 2.23. The van der Waals surface area contributed by atoms with Crippen molar-refractivity contribution in [2.24, 2.45) is 0 Å². The minimum absolute atomic E-state index is 0.0841. The number of carbonyl (C=O) groups is 1. The van der Waals surface area contributed by atoms with Crippen molar-refractivity contribution in [1.29, 1.82) is 0 Å². The smallest absolute Gasteiger partial charge is 0.283 e.